The smallest absolute Gasteiger partial charge is 0.335 e. The Morgan fingerprint density at radius 1 is 1.12 bits per heavy atom. The van der Waals surface area contributed by atoms with Crippen molar-refractivity contribution in [2.75, 3.05) is 5.32 Å². The Balaban J connectivity index is 2.04. The van der Waals surface area contributed by atoms with Crippen molar-refractivity contribution >= 4 is 23.2 Å². The van der Waals surface area contributed by atoms with Gasteiger partial charge in [0, 0.05) is 11.4 Å². The van der Waals surface area contributed by atoms with Crippen LogP contribution in [0.2, 0.25) is 0 Å². The number of rotatable bonds is 3. The van der Waals surface area contributed by atoms with E-state index in [-0.39, 0.29) is 11.5 Å². The number of carbonyl (C=O) groups excluding carboxylic acids is 1. The summed E-state index contributed by atoms with van der Waals surface area (Å²) in [6.07, 6.45) is 0. The van der Waals surface area contributed by atoms with E-state index in [2.05, 4.69) is 10.3 Å². The lowest BCUT2D eigenvalue weighted by Crippen LogP contribution is -2.17. The number of aryl methyl sites for hydroxylation is 3. The third kappa shape index (κ3) is 2.62. The summed E-state index contributed by atoms with van der Waals surface area (Å²) in [7, 11) is 0. The molecule has 3 aromatic rings. The molecule has 24 heavy (non-hydrogen) atoms. The van der Waals surface area contributed by atoms with E-state index in [1.807, 2.05) is 32.0 Å². The summed E-state index contributed by atoms with van der Waals surface area (Å²) in [6, 6.07) is 10.3. The van der Waals surface area contributed by atoms with Crippen LogP contribution >= 0.6 is 0 Å². The van der Waals surface area contributed by atoms with Gasteiger partial charge >= 0.3 is 5.97 Å². The molecule has 122 valence electrons. The van der Waals surface area contributed by atoms with Crippen molar-refractivity contribution in [2.24, 2.45) is 0 Å². The van der Waals surface area contributed by atoms with Gasteiger partial charge in [-0.25, -0.2) is 9.78 Å². The van der Waals surface area contributed by atoms with E-state index in [1.54, 1.807) is 17.4 Å². The summed E-state index contributed by atoms with van der Waals surface area (Å²) in [4.78, 5) is 28.3. The van der Waals surface area contributed by atoms with Crippen LogP contribution in [-0.2, 0) is 0 Å². The van der Waals surface area contributed by atoms with Crippen molar-refractivity contribution in [3.63, 3.8) is 0 Å². The predicted octanol–water partition coefficient (Wildman–Crippen LogP) is 3.21. The molecule has 0 aliphatic rings. The Hall–Kier alpha value is -3.15. The minimum atomic E-state index is -1.03. The topological polar surface area (TPSA) is 83.7 Å². The van der Waals surface area contributed by atoms with Crippen molar-refractivity contribution in [3.05, 3.63) is 64.6 Å². The van der Waals surface area contributed by atoms with E-state index in [9.17, 15) is 9.59 Å². The number of benzene rings is 1. The number of carbonyl (C=O) groups is 2. The van der Waals surface area contributed by atoms with Crippen LogP contribution in [0.5, 0.6) is 0 Å². The maximum absolute atomic E-state index is 12.8. The van der Waals surface area contributed by atoms with E-state index < -0.39 is 5.97 Å². The Morgan fingerprint density at radius 3 is 2.58 bits per heavy atom. The van der Waals surface area contributed by atoms with Gasteiger partial charge in [-0.2, -0.15) is 0 Å². The zero-order valence-corrected chi connectivity index (χ0v) is 13.6. The molecule has 0 radical (unpaired) electrons. The maximum atomic E-state index is 12.8. The molecule has 6 nitrogen and oxygen atoms in total. The van der Waals surface area contributed by atoms with Gasteiger partial charge < -0.3 is 10.4 Å². The number of nitrogens with zero attached hydrogens (tertiary/aromatic N) is 2. The molecule has 0 atom stereocenters. The molecule has 0 unspecified atom stereocenters. The molecule has 6 heteroatoms. The second-order valence-corrected chi connectivity index (χ2v) is 5.70. The molecule has 0 fully saturated rings. The van der Waals surface area contributed by atoms with Crippen LogP contribution in [-0.4, -0.2) is 26.4 Å². The lowest BCUT2D eigenvalue weighted by atomic mass is 10.1. The quantitative estimate of drug-likeness (QED) is 0.775. The molecule has 0 spiro atoms. The van der Waals surface area contributed by atoms with Crippen molar-refractivity contribution in [1.82, 2.24) is 9.38 Å². The van der Waals surface area contributed by atoms with E-state index >= 15 is 0 Å². The first-order valence-electron chi connectivity index (χ1n) is 7.48. The minimum absolute atomic E-state index is 0.127. The standard InChI is InChI=1S/C18H17N3O3/c1-10-7-8-13(18(23)24)9-14(10)20-17(22)16-12(3)19-15-6-4-5-11(2)21(15)16/h4-9H,1-3H3,(H,20,22)(H,23,24). The minimum Gasteiger partial charge on any atom is -0.478 e. The van der Waals surface area contributed by atoms with Crippen molar-refractivity contribution in [1.29, 1.82) is 0 Å². The summed E-state index contributed by atoms with van der Waals surface area (Å²) in [5.74, 6) is -1.35. The highest BCUT2D eigenvalue weighted by Gasteiger charge is 2.19. The Bertz CT molecular complexity index is 973. The third-order valence-electron chi connectivity index (χ3n) is 3.96. The van der Waals surface area contributed by atoms with Crippen LogP contribution in [0.1, 0.15) is 37.8 Å². The molecule has 0 saturated heterocycles. The second-order valence-electron chi connectivity index (χ2n) is 5.70. The van der Waals surface area contributed by atoms with Crippen LogP contribution in [0.4, 0.5) is 5.69 Å². The summed E-state index contributed by atoms with van der Waals surface area (Å²) < 4.78 is 1.79. The summed E-state index contributed by atoms with van der Waals surface area (Å²) in [6.45, 7) is 5.50. The molecule has 0 aliphatic carbocycles. The number of aromatic carboxylic acids is 1. The maximum Gasteiger partial charge on any atom is 0.335 e. The number of carboxylic acid groups (broad SMARTS) is 1. The summed E-state index contributed by atoms with van der Waals surface area (Å²) in [5, 5.41) is 11.9. The monoisotopic (exact) mass is 323 g/mol. The summed E-state index contributed by atoms with van der Waals surface area (Å²) >= 11 is 0. The Labute approximate surface area is 138 Å². The first-order valence-corrected chi connectivity index (χ1v) is 7.48. The van der Waals surface area contributed by atoms with Gasteiger partial charge in [0.05, 0.1) is 11.3 Å². The molecule has 0 aliphatic heterocycles. The van der Waals surface area contributed by atoms with Crippen LogP contribution in [0.25, 0.3) is 5.65 Å². The first kappa shape index (κ1) is 15.7. The van der Waals surface area contributed by atoms with Gasteiger partial charge in [-0.1, -0.05) is 12.1 Å². The number of imidazole rings is 1. The van der Waals surface area contributed by atoms with Crippen LogP contribution in [0.15, 0.2) is 36.4 Å². The van der Waals surface area contributed by atoms with E-state index in [0.29, 0.717) is 22.7 Å². The Morgan fingerprint density at radius 2 is 1.88 bits per heavy atom. The highest BCUT2D eigenvalue weighted by atomic mass is 16.4. The average Bonchev–Trinajstić information content (AvgIpc) is 2.86. The van der Waals surface area contributed by atoms with Crippen LogP contribution in [0, 0.1) is 20.8 Å². The number of fused-ring (bicyclic) bond motifs is 1. The zero-order chi connectivity index (χ0) is 17.4. The van der Waals surface area contributed by atoms with Crippen LogP contribution < -0.4 is 5.32 Å². The number of nitrogens with one attached hydrogen (secondary N) is 1. The molecule has 3 rings (SSSR count). The molecular formula is C18H17N3O3. The third-order valence-corrected chi connectivity index (χ3v) is 3.96. The fraction of sp³-hybridized carbons (Fsp3) is 0.167. The van der Waals surface area contributed by atoms with Crippen molar-refractivity contribution in [2.45, 2.75) is 20.8 Å². The molecular weight excluding hydrogens is 306 g/mol. The largest absolute Gasteiger partial charge is 0.478 e. The highest BCUT2D eigenvalue weighted by Crippen LogP contribution is 2.20. The fourth-order valence-corrected chi connectivity index (χ4v) is 2.71. The van der Waals surface area contributed by atoms with Gasteiger partial charge in [-0.3, -0.25) is 9.20 Å². The zero-order valence-electron chi connectivity index (χ0n) is 13.6. The number of amides is 1. The number of aromatic nitrogens is 2. The van der Waals surface area contributed by atoms with Gasteiger partial charge in [-0.15, -0.1) is 0 Å². The number of carboxylic acids is 1. The molecule has 0 saturated carbocycles. The van der Waals surface area contributed by atoms with Gasteiger partial charge in [0.2, 0.25) is 0 Å². The van der Waals surface area contributed by atoms with Crippen molar-refractivity contribution < 1.29 is 14.7 Å². The highest BCUT2D eigenvalue weighted by molar-refractivity contribution is 6.05. The van der Waals surface area contributed by atoms with Gasteiger partial charge in [0.15, 0.2) is 0 Å². The van der Waals surface area contributed by atoms with E-state index in [0.717, 1.165) is 11.3 Å². The molecule has 2 aromatic heterocycles. The molecule has 2 heterocycles. The normalized spacial score (nSPS) is 10.8. The van der Waals surface area contributed by atoms with Crippen LogP contribution in [0.3, 0.4) is 0 Å². The lowest BCUT2D eigenvalue weighted by Gasteiger charge is -2.11. The number of pyridine rings is 1. The average molecular weight is 323 g/mol. The van der Waals surface area contributed by atoms with Gasteiger partial charge in [-0.05, 0) is 50.6 Å². The summed E-state index contributed by atoms with van der Waals surface area (Å²) in [5.41, 5.74) is 4.06. The molecule has 1 amide bonds. The van der Waals surface area contributed by atoms with E-state index in [4.69, 9.17) is 5.11 Å². The number of hydrogen-bond donors (Lipinski definition) is 2. The number of anilines is 1. The van der Waals surface area contributed by atoms with Gasteiger partial charge in [0.25, 0.3) is 5.91 Å². The fourth-order valence-electron chi connectivity index (χ4n) is 2.71. The molecule has 2 N–H and O–H groups in total. The SMILES string of the molecule is Cc1ccc(C(=O)O)cc1NC(=O)c1c(C)nc2cccc(C)n12. The second kappa shape index (κ2) is 5.81. The van der Waals surface area contributed by atoms with E-state index in [1.165, 1.54) is 12.1 Å². The Kier molecular flexibility index (Phi) is 3.81. The molecule has 0 bridgehead atoms. The van der Waals surface area contributed by atoms with Crippen molar-refractivity contribution in [3.8, 4) is 0 Å². The lowest BCUT2D eigenvalue weighted by molar-refractivity contribution is 0.0696. The molecule has 1 aromatic carbocycles. The van der Waals surface area contributed by atoms with Gasteiger partial charge in [0.1, 0.15) is 11.3 Å². The number of hydrogen-bond acceptors (Lipinski definition) is 3. The predicted molar refractivity (Wildman–Crippen MR) is 90.8 cm³/mol. The first-order chi connectivity index (χ1) is 11.4.